The Morgan fingerprint density at radius 1 is 1.56 bits per heavy atom. The summed E-state index contributed by atoms with van der Waals surface area (Å²) < 4.78 is 19.3. The van der Waals surface area contributed by atoms with E-state index in [2.05, 4.69) is 10.6 Å². The number of benzene rings is 1. The van der Waals surface area contributed by atoms with E-state index in [9.17, 15) is 4.39 Å². The van der Waals surface area contributed by atoms with Gasteiger partial charge in [0, 0.05) is 12.0 Å². The van der Waals surface area contributed by atoms with E-state index in [0.29, 0.717) is 10.9 Å². The molecule has 1 aromatic carbocycles. The molecule has 0 aliphatic carbocycles. The number of thiocarbonyl (C=S) groups is 1. The van der Waals surface area contributed by atoms with Crippen LogP contribution >= 0.6 is 12.2 Å². The van der Waals surface area contributed by atoms with Crippen molar-refractivity contribution < 1.29 is 9.13 Å². The summed E-state index contributed by atoms with van der Waals surface area (Å²) in [6, 6.07) is 4.98. The number of hydrogen-bond donors (Lipinski definition) is 2. The lowest BCUT2D eigenvalue weighted by Gasteiger charge is -2.45. The third-order valence-corrected chi connectivity index (χ3v) is 3.20. The van der Waals surface area contributed by atoms with Gasteiger partial charge < -0.3 is 15.4 Å². The molecule has 5 heteroatoms. The second-order valence-electron chi connectivity index (χ2n) is 4.35. The van der Waals surface area contributed by atoms with Crippen LogP contribution in [0.3, 0.4) is 0 Å². The molecule has 2 N–H and O–H groups in total. The third-order valence-electron chi connectivity index (χ3n) is 2.98. The monoisotopic (exact) mass is 238 g/mol. The summed E-state index contributed by atoms with van der Waals surface area (Å²) in [5, 5.41) is 6.70. The molecule has 0 aromatic heterocycles. The summed E-state index contributed by atoms with van der Waals surface area (Å²) in [6.45, 7) is 1.88. The van der Waals surface area contributed by atoms with Crippen molar-refractivity contribution in [3.63, 3.8) is 0 Å². The zero-order valence-electron chi connectivity index (χ0n) is 8.71. The van der Waals surface area contributed by atoms with Gasteiger partial charge in [-0.15, -0.1) is 0 Å². The molecular formula is C11H11FN2OS. The summed E-state index contributed by atoms with van der Waals surface area (Å²) in [4.78, 5) is 0. The molecule has 1 fully saturated rings. The fourth-order valence-corrected chi connectivity index (χ4v) is 2.67. The van der Waals surface area contributed by atoms with Crippen molar-refractivity contribution in [2.45, 2.75) is 25.1 Å². The fourth-order valence-electron chi connectivity index (χ4n) is 2.31. The van der Waals surface area contributed by atoms with Crippen molar-refractivity contribution in [3.05, 3.63) is 29.6 Å². The molecule has 2 heterocycles. The fraction of sp³-hybridized carbons (Fsp3) is 0.364. The third kappa shape index (κ3) is 1.35. The van der Waals surface area contributed by atoms with E-state index < -0.39 is 5.72 Å². The molecule has 2 atom stereocenters. The highest BCUT2D eigenvalue weighted by Crippen LogP contribution is 2.41. The molecule has 2 aliphatic rings. The number of hydrogen-bond acceptors (Lipinski definition) is 2. The Labute approximate surface area is 98.0 Å². The van der Waals surface area contributed by atoms with Gasteiger partial charge in [-0.05, 0) is 25.2 Å². The van der Waals surface area contributed by atoms with Gasteiger partial charge in [-0.1, -0.05) is 12.1 Å². The van der Waals surface area contributed by atoms with Crippen molar-refractivity contribution >= 4 is 17.3 Å². The lowest BCUT2D eigenvalue weighted by molar-refractivity contribution is 0.0208. The molecule has 3 nitrogen and oxygen atoms in total. The topological polar surface area (TPSA) is 33.3 Å². The number of nitrogens with one attached hydrogen (secondary N) is 2. The average Bonchev–Trinajstić information content (AvgIpc) is 2.18. The van der Waals surface area contributed by atoms with Crippen molar-refractivity contribution in [2.24, 2.45) is 0 Å². The Balaban J connectivity index is 2.14. The van der Waals surface area contributed by atoms with Crippen LogP contribution in [0.15, 0.2) is 18.2 Å². The predicted octanol–water partition coefficient (Wildman–Crippen LogP) is 1.84. The molecule has 3 rings (SSSR count). The Kier molecular flexibility index (Phi) is 1.89. The molecule has 0 radical (unpaired) electrons. The Bertz CT molecular complexity index is 479. The van der Waals surface area contributed by atoms with Crippen molar-refractivity contribution in [2.75, 3.05) is 0 Å². The number of halogens is 1. The Morgan fingerprint density at radius 3 is 3.19 bits per heavy atom. The number of rotatable bonds is 0. The molecule has 1 aromatic rings. The van der Waals surface area contributed by atoms with E-state index in [-0.39, 0.29) is 11.9 Å². The van der Waals surface area contributed by atoms with Gasteiger partial charge in [-0.25, -0.2) is 4.39 Å². The highest BCUT2D eigenvalue weighted by molar-refractivity contribution is 7.80. The van der Waals surface area contributed by atoms with Gasteiger partial charge in [-0.3, -0.25) is 0 Å². The molecule has 2 unspecified atom stereocenters. The number of para-hydroxylation sites is 1. The first-order valence-corrected chi connectivity index (χ1v) is 5.54. The van der Waals surface area contributed by atoms with Crippen LogP contribution in [-0.4, -0.2) is 10.8 Å². The highest BCUT2D eigenvalue weighted by Gasteiger charge is 2.42. The van der Waals surface area contributed by atoms with E-state index >= 15 is 0 Å². The smallest absolute Gasteiger partial charge is 0.181 e. The quantitative estimate of drug-likeness (QED) is 0.676. The maximum atomic E-state index is 13.6. The minimum absolute atomic E-state index is 0.0261. The van der Waals surface area contributed by atoms with Gasteiger partial charge in [0.05, 0.1) is 6.04 Å². The van der Waals surface area contributed by atoms with Gasteiger partial charge in [0.1, 0.15) is 0 Å². The standard InChI is InChI=1S/C11H11FN2OS/c1-11-5-8(13-10(16)14-11)6-3-2-4-7(12)9(6)15-11/h2-4,8H,5H2,1H3,(H2,13,14,16). The van der Waals surface area contributed by atoms with Crippen LogP contribution in [0.5, 0.6) is 5.75 Å². The summed E-state index contributed by atoms with van der Waals surface area (Å²) in [6.07, 6.45) is 0.726. The summed E-state index contributed by atoms with van der Waals surface area (Å²) >= 11 is 5.10. The van der Waals surface area contributed by atoms with Gasteiger partial charge in [0.2, 0.25) is 0 Å². The molecule has 0 saturated carbocycles. The molecule has 1 saturated heterocycles. The van der Waals surface area contributed by atoms with Crippen molar-refractivity contribution in [1.82, 2.24) is 10.6 Å². The van der Waals surface area contributed by atoms with Gasteiger partial charge in [0.15, 0.2) is 22.4 Å². The van der Waals surface area contributed by atoms with E-state index in [4.69, 9.17) is 17.0 Å². The molecule has 2 bridgehead atoms. The van der Waals surface area contributed by atoms with Gasteiger partial charge >= 0.3 is 0 Å². The largest absolute Gasteiger partial charge is 0.465 e. The zero-order chi connectivity index (χ0) is 11.3. The summed E-state index contributed by atoms with van der Waals surface area (Å²) in [7, 11) is 0. The normalized spacial score (nSPS) is 30.9. The molecule has 0 amide bonds. The van der Waals surface area contributed by atoms with E-state index in [1.54, 1.807) is 6.07 Å². The number of fused-ring (bicyclic) bond motifs is 4. The molecule has 2 aliphatic heterocycles. The lowest BCUT2D eigenvalue weighted by Crippen LogP contribution is -2.62. The summed E-state index contributed by atoms with van der Waals surface area (Å²) in [5.41, 5.74) is 0.226. The minimum atomic E-state index is -0.609. The summed E-state index contributed by atoms with van der Waals surface area (Å²) in [5.74, 6) is -0.00593. The second kappa shape index (κ2) is 3.07. The van der Waals surface area contributed by atoms with Gasteiger partial charge in [0.25, 0.3) is 0 Å². The van der Waals surface area contributed by atoms with Gasteiger partial charge in [-0.2, -0.15) is 0 Å². The number of ether oxygens (including phenoxy) is 1. The molecular weight excluding hydrogens is 227 g/mol. The molecule has 0 spiro atoms. The minimum Gasteiger partial charge on any atom is -0.465 e. The van der Waals surface area contributed by atoms with E-state index in [0.717, 1.165) is 12.0 Å². The van der Waals surface area contributed by atoms with Crippen LogP contribution in [0.25, 0.3) is 0 Å². The SMILES string of the molecule is CC12CC(NC(=S)N1)c1cccc(F)c1O2. The first-order chi connectivity index (χ1) is 7.57. The first kappa shape index (κ1) is 9.84. The highest BCUT2D eigenvalue weighted by atomic mass is 32.1. The zero-order valence-corrected chi connectivity index (χ0v) is 9.53. The first-order valence-electron chi connectivity index (χ1n) is 5.13. The Hall–Kier alpha value is -1.36. The van der Waals surface area contributed by atoms with Crippen molar-refractivity contribution in [1.29, 1.82) is 0 Å². The lowest BCUT2D eigenvalue weighted by atomic mass is 9.92. The maximum Gasteiger partial charge on any atom is 0.181 e. The maximum absolute atomic E-state index is 13.6. The second-order valence-corrected chi connectivity index (χ2v) is 4.75. The van der Waals surface area contributed by atoms with Crippen molar-refractivity contribution in [3.8, 4) is 5.75 Å². The van der Waals surface area contributed by atoms with Crippen LogP contribution in [-0.2, 0) is 0 Å². The Morgan fingerprint density at radius 2 is 2.38 bits per heavy atom. The predicted molar refractivity (Wildman–Crippen MR) is 61.7 cm³/mol. The van der Waals surface area contributed by atoms with E-state index in [1.807, 2.05) is 13.0 Å². The van der Waals surface area contributed by atoms with Crippen LogP contribution in [0.1, 0.15) is 24.9 Å². The average molecular weight is 238 g/mol. The van der Waals surface area contributed by atoms with Crippen LogP contribution in [0.4, 0.5) is 4.39 Å². The van der Waals surface area contributed by atoms with E-state index in [1.165, 1.54) is 6.07 Å². The molecule has 16 heavy (non-hydrogen) atoms. The van der Waals surface area contributed by atoms with Crippen LogP contribution in [0, 0.1) is 5.82 Å². The van der Waals surface area contributed by atoms with Crippen LogP contribution in [0.2, 0.25) is 0 Å². The molecule has 84 valence electrons. The van der Waals surface area contributed by atoms with Crippen LogP contribution < -0.4 is 15.4 Å².